The molecule has 5 nitrogen and oxygen atoms in total. The maximum atomic E-state index is 12.0. The van der Waals surface area contributed by atoms with Gasteiger partial charge in [0.05, 0.1) is 0 Å². The highest BCUT2D eigenvalue weighted by Crippen LogP contribution is 2.09. The Morgan fingerprint density at radius 3 is 2.89 bits per heavy atom. The fourth-order valence-corrected chi connectivity index (χ4v) is 2.27. The summed E-state index contributed by atoms with van der Waals surface area (Å²) in [5.74, 6) is 7.20. The van der Waals surface area contributed by atoms with Gasteiger partial charge in [-0.05, 0) is 37.0 Å². The summed E-state index contributed by atoms with van der Waals surface area (Å²) < 4.78 is 0. The number of aromatic nitrogens is 1. The van der Waals surface area contributed by atoms with Gasteiger partial charge in [-0.1, -0.05) is 6.92 Å². The van der Waals surface area contributed by atoms with Crippen molar-refractivity contribution >= 4 is 23.5 Å². The van der Waals surface area contributed by atoms with Gasteiger partial charge in [0, 0.05) is 17.8 Å². The van der Waals surface area contributed by atoms with Crippen LogP contribution in [0.2, 0.25) is 0 Å². The molecule has 100 valence electrons. The molecule has 1 rings (SSSR count). The smallest absolute Gasteiger partial charge is 0.251 e. The van der Waals surface area contributed by atoms with Crippen LogP contribution in [0.4, 0.5) is 5.82 Å². The van der Waals surface area contributed by atoms with E-state index in [1.807, 2.05) is 6.92 Å². The summed E-state index contributed by atoms with van der Waals surface area (Å²) in [7, 11) is 0. The Kier molecular flexibility index (Phi) is 5.94. The minimum absolute atomic E-state index is 0.0926. The molecule has 0 bridgehead atoms. The Balaban J connectivity index is 2.63. The molecule has 0 spiro atoms. The largest absolute Gasteiger partial charge is 0.352 e. The molecule has 1 heterocycles. The summed E-state index contributed by atoms with van der Waals surface area (Å²) in [6, 6.07) is 3.39. The molecule has 1 amide bonds. The van der Waals surface area contributed by atoms with Crippen LogP contribution in [0.25, 0.3) is 0 Å². The highest BCUT2D eigenvalue weighted by Gasteiger charge is 2.09. The lowest BCUT2D eigenvalue weighted by atomic mass is 10.2. The zero-order valence-corrected chi connectivity index (χ0v) is 11.8. The molecular weight excluding hydrogens is 248 g/mol. The van der Waals surface area contributed by atoms with Crippen molar-refractivity contribution in [2.24, 2.45) is 11.8 Å². The number of hydrazine groups is 1. The summed E-state index contributed by atoms with van der Waals surface area (Å²) in [5.41, 5.74) is 3.79. The van der Waals surface area contributed by atoms with Crippen LogP contribution in [0.1, 0.15) is 23.0 Å². The lowest BCUT2D eigenvalue weighted by molar-refractivity contribution is 0.0949. The van der Waals surface area contributed by atoms with Crippen LogP contribution < -0.4 is 16.6 Å². The summed E-state index contributed by atoms with van der Waals surface area (Å²) >= 11 is 1.78. The fraction of sp³-hybridized carbons (Fsp3) is 0.500. The first kappa shape index (κ1) is 14.8. The number of aryl methyl sites for hydroxylation is 1. The van der Waals surface area contributed by atoms with Crippen molar-refractivity contribution in [1.29, 1.82) is 0 Å². The zero-order chi connectivity index (χ0) is 13.5. The molecule has 1 atom stereocenters. The van der Waals surface area contributed by atoms with E-state index in [0.29, 0.717) is 23.8 Å². The lowest BCUT2D eigenvalue weighted by Gasteiger charge is -2.12. The predicted molar refractivity (Wildman–Crippen MR) is 76.7 cm³/mol. The number of nitrogen functional groups attached to an aromatic ring is 1. The Hall–Kier alpha value is -1.27. The topological polar surface area (TPSA) is 80.0 Å². The summed E-state index contributed by atoms with van der Waals surface area (Å²) in [4.78, 5) is 16.1. The number of rotatable bonds is 6. The third-order valence-electron chi connectivity index (χ3n) is 2.43. The highest BCUT2D eigenvalue weighted by atomic mass is 32.2. The number of nitrogens with zero attached hydrogens (tertiary/aromatic N) is 1. The van der Waals surface area contributed by atoms with E-state index in [-0.39, 0.29) is 5.91 Å². The minimum atomic E-state index is -0.0926. The van der Waals surface area contributed by atoms with Crippen LogP contribution >= 0.6 is 11.8 Å². The molecule has 0 radical (unpaired) electrons. The molecule has 0 aliphatic rings. The molecule has 0 aromatic carbocycles. The average molecular weight is 268 g/mol. The van der Waals surface area contributed by atoms with Gasteiger partial charge < -0.3 is 10.7 Å². The van der Waals surface area contributed by atoms with Gasteiger partial charge in [-0.15, -0.1) is 0 Å². The van der Waals surface area contributed by atoms with E-state index < -0.39 is 0 Å². The fourth-order valence-electron chi connectivity index (χ4n) is 1.59. The first-order valence-corrected chi connectivity index (χ1v) is 7.18. The maximum Gasteiger partial charge on any atom is 0.251 e. The van der Waals surface area contributed by atoms with E-state index in [4.69, 9.17) is 5.84 Å². The second-order valence-corrected chi connectivity index (χ2v) is 5.21. The summed E-state index contributed by atoms with van der Waals surface area (Å²) in [5, 5.41) is 2.91. The number of nitrogens with two attached hydrogens (primary N) is 1. The third kappa shape index (κ3) is 4.54. The number of hydrogen-bond donors (Lipinski definition) is 3. The van der Waals surface area contributed by atoms with E-state index in [0.717, 1.165) is 11.4 Å². The molecule has 18 heavy (non-hydrogen) atoms. The Bertz CT molecular complexity index is 411. The van der Waals surface area contributed by atoms with Crippen LogP contribution in [-0.2, 0) is 0 Å². The molecule has 4 N–H and O–H groups in total. The first-order chi connectivity index (χ1) is 8.56. The number of anilines is 1. The van der Waals surface area contributed by atoms with E-state index >= 15 is 0 Å². The molecular formula is C12H20N4OS. The third-order valence-corrected chi connectivity index (χ3v) is 3.33. The Morgan fingerprint density at radius 1 is 1.56 bits per heavy atom. The molecule has 6 heteroatoms. The van der Waals surface area contributed by atoms with Crippen molar-refractivity contribution in [3.8, 4) is 0 Å². The quantitative estimate of drug-likeness (QED) is 0.537. The summed E-state index contributed by atoms with van der Waals surface area (Å²) in [6.07, 6.45) is 2.06. The molecule has 0 saturated carbocycles. The SMILES string of the molecule is CSCC(C)CNC(=O)c1cc(C)nc(NN)c1. The molecule has 1 aromatic rings. The molecule has 0 aliphatic heterocycles. The normalized spacial score (nSPS) is 12.0. The summed E-state index contributed by atoms with van der Waals surface area (Å²) in [6.45, 7) is 4.61. The maximum absolute atomic E-state index is 12.0. The van der Waals surface area contributed by atoms with Crippen LogP contribution in [0.3, 0.4) is 0 Å². The highest BCUT2D eigenvalue weighted by molar-refractivity contribution is 7.98. The number of pyridine rings is 1. The minimum Gasteiger partial charge on any atom is -0.352 e. The zero-order valence-electron chi connectivity index (χ0n) is 11.0. The van der Waals surface area contributed by atoms with E-state index in [1.54, 1.807) is 23.9 Å². The average Bonchev–Trinajstić information content (AvgIpc) is 2.35. The van der Waals surface area contributed by atoms with Gasteiger partial charge in [0.1, 0.15) is 5.82 Å². The second-order valence-electron chi connectivity index (χ2n) is 4.30. The van der Waals surface area contributed by atoms with Gasteiger partial charge in [0.15, 0.2) is 0 Å². The van der Waals surface area contributed by atoms with Crippen LogP contribution in [0, 0.1) is 12.8 Å². The number of thioether (sulfide) groups is 1. The van der Waals surface area contributed by atoms with Crippen molar-refractivity contribution in [3.05, 3.63) is 23.4 Å². The van der Waals surface area contributed by atoms with Crippen molar-refractivity contribution < 1.29 is 4.79 Å². The molecule has 0 fully saturated rings. The van der Waals surface area contributed by atoms with Crippen molar-refractivity contribution in [2.75, 3.05) is 24.0 Å². The second kappa shape index (κ2) is 7.23. The van der Waals surface area contributed by atoms with Crippen molar-refractivity contribution in [1.82, 2.24) is 10.3 Å². The monoisotopic (exact) mass is 268 g/mol. The van der Waals surface area contributed by atoms with Gasteiger partial charge in [0.2, 0.25) is 0 Å². The number of carbonyl (C=O) groups is 1. The molecule has 0 saturated heterocycles. The van der Waals surface area contributed by atoms with Gasteiger partial charge >= 0.3 is 0 Å². The van der Waals surface area contributed by atoms with Crippen molar-refractivity contribution in [2.45, 2.75) is 13.8 Å². The Labute approximate surface area is 112 Å². The number of amides is 1. The first-order valence-electron chi connectivity index (χ1n) is 5.79. The van der Waals surface area contributed by atoms with Crippen LogP contribution in [-0.4, -0.2) is 29.4 Å². The van der Waals surface area contributed by atoms with E-state index in [1.165, 1.54) is 0 Å². The number of hydrogen-bond acceptors (Lipinski definition) is 5. The number of nitrogens with one attached hydrogen (secondary N) is 2. The molecule has 0 aliphatic carbocycles. The van der Waals surface area contributed by atoms with Gasteiger partial charge in [-0.2, -0.15) is 11.8 Å². The molecule has 1 unspecified atom stereocenters. The van der Waals surface area contributed by atoms with Gasteiger partial charge in [-0.25, -0.2) is 10.8 Å². The van der Waals surface area contributed by atoms with Crippen molar-refractivity contribution in [3.63, 3.8) is 0 Å². The lowest BCUT2D eigenvalue weighted by Crippen LogP contribution is -2.29. The Morgan fingerprint density at radius 2 is 2.28 bits per heavy atom. The van der Waals surface area contributed by atoms with Crippen LogP contribution in [0.5, 0.6) is 0 Å². The van der Waals surface area contributed by atoms with E-state index in [2.05, 4.69) is 28.9 Å². The van der Waals surface area contributed by atoms with E-state index in [9.17, 15) is 4.79 Å². The molecule has 1 aromatic heterocycles. The number of carbonyl (C=O) groups excluding carboxylic acids is 1. The predicted octanol–water partition coefficient (Wildman–Crippen LogP) is 1.40. The van der Waals surface area contributed by atoms with Crippen LogP contribution in [0.15, 0.2) is 12.1 Å². The standard InChI is InChI=1S/C12H20N4OS/c1-8(7-18-3)6-14-12(17)10-4-9(2)15-11(5-10)16-13/h4-5,8H,6-7,13H2,1-3H3,(H,14,17)(H,15,16). The van der Waals surface area contributed by atoms with Gasteiger partial charge in [-0.3, -0.25) is 4.79 Å². The van der Waals surface area contributed by atoms with Gasteiger partial charge in [0.25, 0.3) is 5.91 Å².